The number of anilines is 1. The van der Waals surface area contributed by atoms with Gasteiger partial charge in [-0.2, -0.15) is 28.2 Å². The molecule has 3 fully saturated rings. The Hall–Kier alpha value is -4.23. The maximum Gasteiger partial charge on any atom is 0.417 e. The molecular formula is C40H49F7N6O5Si. The first-order chi connectivity index (χ1) is 27.3. The Labute approximate surface area is 337 Å². The molecule has 322 valence electrons. The van der Waals surface area contributed by atoms with Crippen LogP contribution >= 0.6 is 0 Å². The first kappa shape index (κ1) is 42.9. The zero-order valence-electron chi connectivity index (χ0n) is 34.3. The lowest BCUT2D eigenvalue weighted by Gasteiger charge is -2.47. The maximum absolute atomic E-state index is 17.3. The minimum Gasteiger partial charge on any atom is -0.462 e. The van der Waals surface area contributed by atoms with E-state index in [1.54, 1.807) is 30.6 Å². The van der Waals surface area contributed by atoms with Gasteiger partial charge in [-0.15, -0.1) is 0 Å². The minimum atomic E-state index is -5.07. The fourth-order valence-electron chi connectivity index (χ4n) is 8.29. The van der Waals surface area contributed by atoms with Gasteiger partial charge < -0.3 is 24.2 Å². The number of hydrogen-bond donors (Lipinski definition) is 1. The van der Waals surface area contributed by atoms with Gasteiger partial charge in [0.05, 0.1) is 40.2 Å². The maximum atomic E-state index is 17.3. The van der Waals surface area contributed by atoms with E-state index in [1.165, 1.54) is 23.9 Å². The van der Waals surface area contributed by atoms with Gasteiger partial charge in [-0.25, -0.2) is 27.0 Å². The van der Waals surface area contributed by atoms with Crippen molar-refractivity contribution in [2.75, 3.05) is 37.8 Å². The number of aliphatic hydroxyl groups is 1. The van der Waals surface area contributed by atoms with Crippen LogP contribution in [0.4, 0.5) is 41.3 Å². The highest BCUT2D eigenvalue weighted by atomic mass is 28.3. The molecule has 2 aromatic heterocycles. The van der Waals surface area contributed by atoms with Crippen LogP contribution in [-0.4, -0.2) is 99.9 Å². The number of aryl methyl sites for hydroxylation is 1. The highest BCUT2D eigenvalue weighted by Crippen LogP contribution is 2.60. The molecule has 0 spiro atoms. The summed E-state index contributed by atoms with van der Waals surface area (Å²) in [5, 5.41) is 13.8. The van der Waals surface area contributed by atoms with Crippen molar-refractivity contribution in [1.82, 2.24) is 24.6 Å². The van der Waals surface area contributed by atoms with E-state index in [0.717, 1.165) is 12.1 Å². The van der Waals surface area contributed by atoms with E-state index in [1.807, 2.05) is 6.92 Å². The first-order valence-corrected chi connectivity index (χ1v) is 23.2. The van der Waals surface area contributed by atoms with E-state index < -0.39 is 108 Å². The summed E-state index contributed by atoms with van der Waals surface area (Å²) in [6.45, 7) is 13.5. The summed E-state index contributed by atoms with van der Waals surface area (Å²) in [5.74, 6) is -6.15. The van der Waals surface area contributed by atoms with Crippen molar-refractivity contribution in [3.05, 3.63) is 41.1 Å². The molecule has 0 radical (unpaired) electrons. The lowest BCUT2D eigenvalue weighted by Crippen LogP contribution is -2.63. The largest absolute Gasteiger partial charge is 0.462 e. The summed E-state index contributed by atoms with van der Waals surface area (Å²) in [7, 11) is -1.46. The number of nitrogens with zero attached hydrogens (tertiary/aromatic N) is 6. The summed E-state index contributed by atoms with van der Waals surface area (Å²) < 4.78 is 126. The fraction of sp³-hybridized carbons (Fsp3) is 0.600. The molecule has 4 heterocycles. The predicted octanol–water partition coefficient (Wildman–Crippen LogP) is 8.94. The van der Waals surface area contributed by atoms with Crippen LogP contribution in [0.3, 0.4) is 0 Å². The van der Waals surface area contributed by atoms with Gasteiger partial charge in [-0.3, -0.25) is 4.90 Å². The third-order valence-corrected chi connectivity index (χ3v) is 13.2. The molecule has 2 aliphatic heterocycles. The molecule has 1 amide bonds. The molecule has 19 heteroatoms. The Kier molecular flexibility index (Phi) is 10.5. The molecule has 11 nitrogen and oxygen atoms in total. The van der Waals surface area contributed by atoms with Gasteiger partial charge in [0.25, 0.3) is 5.92 Å². The van der Waals surface area contributed by atoms with Crippen molar-refractivity contribution >= 4 is 41.8 Å². The number of amides is 1. The standard InChI is InChI=1S/C40H49F7N6O5Si/c1-22-13-27-25(16-52(50-27)21-56-11-12-59(6,7)8)28(30(22)40(45,46)47)29-26(41)14-24-32(31(29)42)48-34(57-20-38(19-54)17-39(38,43)44)49-33(24)51-15-23-9-10-37(5,18-51)53(23)35(55)58-36(2,3)4/h13-14,16,23,54H,9-12,15,17-21H2,1-8H3/t23?,37-,38?/m0/s1. The average molecular weight is 855 g/mol. The average Bonchev–Trinajstić information content (AvgIpc) is 3.31. The zero-order chi connectivity index (χ0) is 43.2. The number of carbonyl (C=O) groups excluding carboxylic acids is 1. The van der Waals surface area contributed by atoms with E-state index in [2.05, 4.69) is 34.7 Å². The second kappa shape index (κ2) is 14.5. The van der Waals surface area contributed by atoms with Crippen molar-refractivity contribution in [3.8, 4) is 17.1 Å². The van der Waals surface area contributed by atoms with Crippen LogP contribution in [0.25, 0.3) is 32.9 Å². The van der Waals surface area contributed by atoms with E-state index >= 15 is 8.78 Å². The third kappa shape index (κ3) is 8.05. The van der Waals surface area contributed by atoms with Crippen LogP contribution in [0.5, 0.6) is 6.01 Å². The zero-order valence-corrected chi connectivity index (χ0v) is 35.3. The number of rotatable bonds is 11. The molecule has 4 aromatic rings. The number of ether oxygens (including phenoxy) is 3. The molecule has 2 saturated heterocycles. The van der Waals surface area contributed by atoms with E-state index in [4.69, 9.17) is 14.2 Å². The van der Waals surface area contributed by atoms with Gasteiger partial charge >= 0.3 is 18.3 Å². The molecule has 1 N–H and O–H groups in total. The van der Waals surface area contributed by atoms with Crippen molar-refractivity contribution in [2.45, 2.75) is 116 Å². The molecule has 2 aromatic carbocycles. The second-order valence-electron chi connectivity index (χ2n) is 18.7. The third-order valence-electron chi connectivity index (χ3n) is 11.5. The summed E-state index contributed by atoms with van der Waals surface area (Å²) in [6, 6.07) is 1.84. The monoisotopic (exact) mass is 854 g/mol. The van der Waals surface area contributed by atoms with E-state index in [-0.39, 0.29) is 47.5 Å². The SMILES string of the molecule is Cc1cc2nn(COCC[Si](C)(C)C)cc2c(-c2c(F)cc3c(N4CC5CC[C@@](C)(C4)N5C(=O)OC(C)(C)C)nc(OCC4(CO)CC4(F)F)nc3c2F)c1C(F)(F)F. The molecule has 3 atom stereocenters. The molecular weight excluding hydrogens is 806 g/mol. The van der Waals surface area contributed by atoms with Crippen LogP contribution in [0.2, 0.25) is 25.7 Å². The van der Waals surface area contributed by atoms with Gasteiger partial charge in [-0.1, -0.05) is 19.6 Å². The first-order valence-electron chi connectivity index (χ1n) is 19.5. The van der Waals surface area contributed by atoms with Crippen molar-refractivity contribution in [2.24, 2.45) is 5.41 Å². The number of aliphatic hydroxyl groups excluding tert-OH is 1. The molecule has 1 saturated carbocycles. The summed E-state index contributed by atoms with van der Waals surface area (Å²) >= 11 is 0. The normalized spacial score (nSPS) is 23.1. The molecule has 59 heavy (non-hydrogen) atoms. The topological polar surface area (TPSA) is 115 Å². The highest BCUT2D eigenvalue weighted by Gasteiger charge is 2.71. The van der Waals surface area contributed by atoms with Crippen molar-refractivity contribution < 1.29 is 54.8 Å². The molecule has 3 aliphatic rings. The number of alkyl halides is 5. The summed E-state index contributed by atoms with van der Waals surface area (Å²) in [5.41, 5.74) is -7.61. The molecule has 2 bridgehead atoms. The van der Waals surface area contributed by atoms with Gasteiger partial charge in [-0.05, 0) is 71.2 Å². The Morgan fingerprint density at radius 2 is 1.76 bits per heavy atom. The number of benzene rings is 2. The smallest absolute Gasteiger partial charge is 0.417 e. The Bertz CT molecular complexity index is 2310. The molecule has 1 aliphatic carbocycles. The van der Waals surface area contributed by atoms with Crippen molar-refractivity contribution in [1.29, 1.82) is 0 Å². The second-order valence-corrected chi connectivity index (χ2v) is 24.3. The van der Waals surface area contributed by atoms with Crippen LogP contribution in [0.15, 0.2) is 18.3 Å². The number of hydrogen-bond acceptors (Lipinski definition) is 9. The van der Waals surface area contributed by atoms with Gasteiger partial charge in [0, 0.05) is 56.7 Å². The quantitative estimate of drug-likeness (QED) is 0.0898. The van der Waals surface area contributed by atoms with Gasteiger partial charge in [0.2, 0.25) is 0 Å². The predicted molar refractivity (Wildman–Crippen MR) is 208 cm³/mol. The number of piperazine rings is 1. The number of aromatic nitrogens is 4. The van der Waals surface area contributed by atoms with Crippen LogP contribution in [-0.2, 0) is 22.4 Å². The van der Waals surface area contributed by atoms with Gasteiger partial charge in [0.15, 0.2) is 5.82 Å². The molecule has 2 unspecified atom stereocenters. The Morgan fingerprint density at radius 3 is 2.36 bits per heavy atom. The lowest BCUT2D eigenvalue weighted by atomic mass is 9.90. The van der Waals surface area contributed by atoms with Crippen LogP contribution in [0.1, 0.15) is 58.1 Å². The number of carbonyl (C=O) groups is 1. The molecule has 7 rings (SSSR count). The van der Waals surface area contributed by atoms with Crippen molar-refractivity contribution in [3.63, 3.8) is 0 Å². The Morgan fingerprint density at radius 1 is 1.07 bits per heavy atom. The van der Waals surface area contributed by atoms with E-state index in [9.17, 15) is 31.9 Å². The van der Waals surface area contributed by atoms with Crippen LogP contribution in [0, 0.1) is 24.0 Å². The Balaban J connectivity index is 1.37. The summed E-state index contributed by atoms with van der Waals surface area (Å²) in [4.78, 5) is 25.3. The van der Waals surface area contributed by atoms with E-state index in [0.29, 0.717) is 19.4 Å². The summed E-state index contributed by atoms with van der Waals surface area (Å²) in [6.07, 6.45) is -3.94. The fourth-order valence-corrected chi connectivity index (χ4v) is 9.05. The number of fused-ring (bicyclic) bond motifs is 4. The van der Waals surface area contributed by atoms with Crippen LogP contribution < -0.4 is 9.64 Å². The number of halogens is 7. The minimum absolute atomic E-state index is 0.0387. The highest BCUT2D eigenvalue weighted by molar-refractivity contribution is 6.76. The van der Waals surface area contributed by atoms with Gasteiger partial charge in [0.1, 0.15) is 36.1 Å². The lowest BCUT2D eigenvalue weighted by molar-refractivity contribution is -0.137.